The number of fused-ring (bicyclic) bond motifs is 1. The van der Waals surface area contributed by atoms with Crippen molar-refractivity contribution < 1.29 is 0 Å². The maximum Gasteiger partial charge on any atom is 0.0711 e. The lowest BCUT2D eigenvalue weighted by atomic mass is 9.87. The minimum absolute atomic E-state index is 0.241. The lowest BCUT2D eigenvalue weighted by molar-refractivity contribution is 0.591. The van der Waals surface area contributed by atoms with Gasteiger partial charge in [-0.05, 0) is 44.4 Å². The summed E-state index contributed by atoms with van der Waals surface area (Å²) in [5.74, 6) is 0. The van der Waals surface area contributed by atoms with Gasteiger partial charge in [0.2, 0.25) is 0 Å². The Morgan fingerprint density at radius 1 is 1.14 bits per heavy atom. The molecule has 0 amide bonds. The van der Waals surface area contributed by atoms with Crippen molar-refractivity contribution in [3.63, 3.8) is 0 Å². The minimum Gasteiger partial charge on any atom is -0.128 e. The highest BCUT2D eigenvalue weighted by Crippen LogP contribution is 2.33. The second-order valence-electron chi connectivity index (χ2n) is 4.55. The van der Waals surface area contributed by atoms with E-state index in [1.165, 1.54) is 19.4 Å². The van der Waals surface area contributed by atoms with Crippen LogP contribution >= 0.6 is 27.3 Å². The van der Waals surface area contributed by atoms with Crippen LogP contribution in [0.25, 0.3) is 10.1 Å². The molecule has 0 saturated carbocycles. The average Bonchev–Trinajstić information content (AvgIpc) is 2.41. The molecule has 0 fully saturated rings. The van der Waals surface area contributed by atoms with Gasteiger partial charge in [0.15, 0.2) is 0 Å². The molecular formula is C12H13BrS. The Bertz CT molecular complexity index is 463. The van der Waals surface area contributed by atoms with E-state index < -0.39 is 0 Å². The van der Waals surface area contributed by atoms with E-state index in [-0.39, 0.29) is 5.41 Å². The Hall–Kier alpha value is -0.340. The molecule has 2 aromatic rings. The molecule has 0 aliphatic rings. The highest BCUT2D eigenvalue weighted by molar-refractivity contribution is 9.11. The lowest BCUT2D eigenvalue weighted by Gasteiger charge is -2.18. The fourth-order valence-corrected chi connectivity index (χ4v) is 3.06. The van der Waals surface area contributed by atoms with Crippen LogP contribution in [0.1, 0.15) is 26.3 Å². The summed E-state index contributed by atoms with van der Waals surface area (Å²) in [7, 11) is 0. The fourth-order valence-electron chi connectivity index (χ4n) is 1.47. The van der Waals surface area contributed by atoms with Gasteiger partial charge in [-0.2, -0.15) is 0 Å². The van der Waals surface area contributed by atoms with Crippen LogP contribution in [0.4, 0.5) is 0 Å². The molecule has 0 aliphatic carbocycles. The average molecular weight is 269 g/mol. The molecule has 1 aromatic carbocycles. The van der Waals surface area contributed by atoms with Crippen LogP contribution in [0.15, 0.2) is 28.1 Å². The first-order valence-electron chi connectivity index (χ1n) is 4.66. The molecule has 0 N–H and O–H groups in total. The Labute approximate surface area is 97.1 Å². The molecule has 0 spiro atoms. The molecule has 2 rings (SSSR count). The first-order chi connectivity index (χ1) is 6.47. The Morgan fingerprint density at radius 2 is 1.86 bits per heavy atom. The predicted octanol–water partition coefficient (Wildman–Crippen LogP) is 4.96. The minimum atomic E-state index is 0.241. The van der Waals surface area contributed by atoms with Gasteiger partial charge in [-0.1, -0.05) is 32.9 Å². The summed E-state index contributed by atoms with van der Waals surface area (Å²) in [5.41, 5.74) is 1.64. The lowest BCUT2D eigenvalue weighted by Crippen LogP contribution is -2.10. The van der Waals surface area contributed by atoms with Gasteiger partial charge >= 0.3 is 0 Å². The van der Waals surface area contributed by atoms with Crippen LogP contribution in [0.5, 0.6) is 0 Å². The van der Waals surface area contributed by atoms with Gasteiger partial charge in [0, 0.05) is 4.70 Å². The van der Waals surface area contributed by atoms with Crippen LogP contribution in [0.3, 0.4) is 0 Å². The third kappa shape index (κ3) is 1.86. The van der Waals surface area contributed by atoms with Crippen LogP contribution in [-0.2, 0) is 5.41 Å². The summed E-state index contributed by atoms with van der Waals surface area (Å²) in [6, 6.07) is 8.90. The quantitative estimate of drug-likeness (QED) is 0.634. The third-order valence-corrected chi connectivity index (χ3v) is 3.96. The van der Waals surface area contributed by atoms with Gasteiger partial charge in [-0.3, -0.25) is 0 Å². The van der Waals surface area contributed by atoms with Crippen molar-refractivity contribution in [1.82, 2.24) is 0 Å². The molecule has 0 saturated heterocycles. The van der Waals surface area contributed by atoms with E-state index in [0.717, 1.165) is 0 Å². The molecule has 1 heterocycles. The molecule has 74 valence electrons. The summed E-state index contributed by atoms with van der Waals surface area (Å²) < 4.78 is 2.57. The van der Waals surface area contributed by atoms with Gasteiger partial charge in [0.05, 0.1) is 3.79 Å². The molecule has 0 atom stereocenters. The van der Waals surface area contributed by atoms with E-state index in [1.807, 2.05) is 0 Å². The van der Waals surface area contributed by atoms with Gasteiger partial charge in [0.25, 0.3) is 0 Å². The highest BCUT2D eigenvalue weighted by atomic mass is 79.9. The van der Waals surface area contributed by atoms with Crippen LogP contribution in [0.2, 0.25) is 0 Å². The summed E-state index contributed by atoms with van der Waals surface area (Å²) in [5, 5.41) is 1.33. The van der Waals surface area contributed by atoms with Crippen LogP contribution < -0.4 is 0 Å². The summed E-state index contributed by atoms with van der Waals surface area (Å²) in [4.78, 5) is 0. The fraction of sp³-hybridized carbons (Fsp3) is 0.333. The van der Waals surface area contributed by atoms with Crippen molar-refractivity contribution in [2.45, 2.75) is 26.2 Å². The monoisotopic (exact) mass is 268 g/mol. The summed E-state index contributed by atoms with van der Waals surface area (Å²) in [6.07, 6.45) is 0. The molecule has 0 radical (unpaired) electrons. The molecule has 1 aromatic heterocycles. The third-order valence-electron chi connectivity index (χ3n) is 2.36. The van der Waals surface area contributed by atoms with Crippen molar-refractivity contribution in [1.29, 1.82) is 0 Å². The van der Waals surface area contributed by atoms with Gasteiger partial charge < -0.3 is 0 Å². The van der Waals surface area contributed by atoms with E-state index in [4.69, 9.17) is 0 Å². The van der Waals surface area contributed by atoms with Crippen molar-refractivity contribution in [3.05, 3.63) is 33.6 Å². The zero-order chi connectivity index (χ0) is 10.3. The van der Waals surface area contributed by atoms with Crippen molar-refractivity contribution in [3.8, 4) is 0 Å². The number of benzene rings is 1. The number of halogens is 1. The largest absolute Gasteiger partial charge is 0.128 e. The van der Waals surface area contributed by atoms with Crippen LogP contribution in [-0.4, -0.2) is 0 Å². The van der Waals surface area contributed by atoms with Gasteiger partial charge in [-0.15, -0.1) is 11.3 Å². The first kappa shape index (κ1) is 10.2. The highest BCUT2D eigenvalue weighted by Gasteiger charge is 2.14. The number of thiophene rings is 1. The Morgan fingerprint density at radius 3 is 2.50 bits per heavy atom. The van der Waals surface area contributed by atoms with Crippen LogP contribution in [0, 0.1) is 0 Å². The molecule has 0 aliphatic heterocycles. The Balaban J connectivity index is 2.62. The Kier molecular flexibility index (Phi) is 2.44. The van der Waals surface area contributed by atoms with Gasteiger partial charge in [-0.25, -0.2) is 0 Å². The van der Waals surface area contributed by atoms with E-state index in [9.17, 15) is 0 Å². The predicted molar refractivity (Wildman–Crippen MR) is 68.2 cm³/mol. The topological polar surface area (TPSA) is 0 Å². The summed E-state index contributed by atoms with van der Waals surface area (Å²) in [6.45, 7) is 6.74. The standard InChI is InChI=1S/C12H13BrS/c1-12(2,3)9-5-4-8-6-11(13)14-10(8)7-9/h4-7H,1-3H3. The molecule has 2 heteroatoms. The maximum atomic E-state index is 3.52. The molecule has 14 heavy (non-hydrogen) atoms. The maximum absolute atomic E-state index is 3.52. The van der Waals surface area contributed by atoms with E-state index >= 15 is 0 Å². The first-order valence-corrected chi connectivity index (χ1v) is 6.27. The van der Waals surface area contributed by atoms with E-state index in [2.05, 4.69) is 61.0 Å². The van der Waals surface area contributed by atoms with Crippen molar-refractivity contribution in [2.24, 2.45) is 0 Å². The molecule has 0 nitrogen and oxygen atoms in total. The van der Waals surface area contributed by atoms with E-state index in [0.29, 0.717) is 0 Å². The molecular weight excluding hydrogens is 256 g/mol. The normalized spacial score (nSPS) is 12.3. The SMILES string of the molecule is CC(C)(C)c1ccc2cc(Br)sc2c1. The zero-order valence-corrected chi connectivity index (χ0v) is 11.0. The van der Waals surface area contributed by atoms with Gasteiger partial charge in [0.1, 0.15) is 0 Å². The second-order valence-corrected chi connectivity index (χ2v) is 7.02. The molecule has 0 bridgehead atoms. The molecule has 0 unspecified atom stereocenters. The number of hydrogen-bond acceptors (Lipinski definition) is 1. The van der Waals surface area contributed by atoms with Crippen molar-refractivity contribution >= 4 is 37.4 Å². The van der Waals surface area contributed by atoms with E-state index in [1.54, 1.807) is 11.3 Å². The summed E-state index contributed by atoms with van der Waals surface area (Å²) >= 11 is 5.32. The number of hydrogen-bond donors (Lipinski definition) is 0. The smallest absolute Gasteiger partial charge is 0.0711 e. The second kappa shape index (κ2) is 3.35. The van der Waals surface area contributed by atoms with Crippen molar-refractivity contribution in [2.75, 3.05) is 0 Å². The zero-order valence-electron chi connectivity index (χ0n) is 8.60. The number of rotatable bonds is 0.